The predicted octanol–water partition coefficient (Wildman–Crippen LogP) is -0.524. The topological polar surface area (TPSA) is 214 Å². The lowest BCUT2D eigenvalue weighted by Gasteiger charge is -2.27. The van der Waals surface area contributed by atoms with E-state index in [1.807, 2.05) is 6.92 Å². The molecule has 0 aliphatic carbocycles. The van der Waals surface area contributed by atoms with E-state index >= 15 is 0 Å². The summed E-state index contributed by atoms with van der Waals surface area (Å²) in [5, 5.41) is 26.2. The predicted molar refractivity (Wildman–Crippen MR) is 139 cm³/mol. The number of benzene rings is 1. The fourth-order valence-electron chi connectivity index (χ4n) is 3.38. The van der Waals surface area contributed by atoms with E-state index in [-0.39, 0.29) is 24.5 Å². The van der Waals surface area contributed by atoms with Crippen LogP contribution in [0.4, 0.5) is 0 Å². The Labute approximate surface area is 220 Å². The lowest BCUT2D eigenvalue weighted by molar-refractivity contribution is -0.142. The summed E-state index contributed by atoms with van der Waals surface area (Å²) in [6, 6.07) is 1.45. The smallest absolute Gasteiger partial charge is 0.326 e. The van der Waals surface area contributed by atoms with Gasteiger partial charge in [0.15, 0.2) is 0 Å². The number of hydrogen-bond acceptors (Lipinski definition) is 8. The number of nitrogens with two attached hydrogens (primary N) is 2. The Balaban J connectivity index is 2.98. The maximum absolute atomic E-state index is 13.1. The van der Waals surface area contributed by atoms with Gasteiger partial charge in [-0.15, -0.1) is 0 Å². The Morgan fingerprint density at radius 3 is 2.08 bits per heavy atom. The molecular weight excluding hydrogens is 502 g/mol. The number of amides is 4. The molecule has 12 nitrogen and oxygen atoms in total. The molecule has 5 atom stereocenters. The van der Waals surface area contributed by atoms with Gasteiger partial charge in [0.05, 0.1) is 12.5 Å². The van der Waals surface area contributed by atoms with E-state index in [0.29, 0.717) is 17.7 Å². The molecule has 0 saturated carbocycles. The zero-order chi connectivity index (χ0) is 28.1. The number of aliphatic carboxylic acids is 1. The van der Waals surface area contributed by atoms with Crippen LogP contribution in [0.15, 0.2) is 24.3 Å². The highest BCUT2D eigenvalue weighted by molar-refractivity contribution is 7.98. The van der Waals surface area contributed by atoms with Crippen molar-refractivity contribution >= 4 is 41.4 Å². The molecule has 0 aliphatic heterocycles. The van der Waals surface area contributed by atoms with Crippen LogP contribution in [0.25, 0.3) is 0 Å². The third kappa shape index (κ3) is 11.1. The Hall–Kier alpha value is -3.32. The van der Waals surface area contributed by atoms with Crippen molar-refractivity contribution in [2.75, 3.05) is 12.0 Å². The fraction of sp³-hybridized carbons (Fsp3) is 0.542. The number of thioether (sulfide) groups is 1. The van der Waals surface area contributed by atoms with Crippen LogP contribution in [0.3, 0.4) is 0 Å². The van der Waals surface area contributed by atoms with Crippen LogP contribution in [-0.4, -0.2) is 76.0 Å². The van der Waals surface area contributed by atoms with Gasteiger partial charge in [0.25, 0.3) is 0 Å². The molecule has 37 heavy (non-hydrogen) atoms. The van der Waals surface area contributed by atoms with Crippen LogP contribution in [-0.2, 0) is 30.4 Å². The monoisotopic (exact) mass is 539 g/mol. The van der Waals surface area contributed by atoms with E-state index in [0.717, 1.165) is 0 Å². The zero-order valence-corrected chi connectivity index (χ0v) is 22.0. The van der Waals surface area contributed by atoms with Crippen LogP contribution in [0.2, 0.25) is 0 Å². The van der Waals surface area contributed by atoms with Gasteiger partial charge in [-0.1, -0.05) is 32.4 Å². The minimum Gasteiger partial charge on any atom is -0.508 e. The number of aromatic hydroxyl groups is 1. The number of carbonyl (C=O) groups is 5. The summed E-state index contributed by atoms with van der Waals surface area (Å²) in [5.74, 6) is -4.17. The molecule has 4 amide bonds. The molecule has 0 saturated heterocycles. The van der Waals surface area contributed by atoms with E-state index in [1.165, 1.54) is 23.9 Å². The second kappa shape index (κ2) is 15.7. The molecule has 0 bridgehead atoms. The van der Waals surface area contributed by atoms with Crippen molar-refractivity contribution in [1.82, 2.24) is 16.0 Å². The van der Waals surface area contributed by atoms with Crippen molar-refractivity contribution < 1.29 is 34.2 Å². The molecular formula is C24H37N5O7S. The maximum atomic E-state index is 13.1. The van der Waals surface area contributed by atoms with Crippen molar-refractivity contribution in [3.05, 3.63) is 29.8 Å². The molecule has 0 radical (unpaired) electrons. The van der Waals surface area contributed by atoms with Gasteiger partial charge < -0.3 is 37.6 Å². The van der Waals surface area contributed by atoms with Crippen molar-refractivity contribution in [2.24, 2.45) is 17.4 Å². The second-order valence-electron chi connectivity index (χ2n) is 8.76. The highest BCUT2D eigenvalue weighted by Gasteiger charge is 2.33. The number of carboxylic acid groups (broad SMARTS) is 1. The van der Waals surface area contributed by atoms with Gasteiger partial charge in [-0.05, 0) is 48.5 Å². The Bertz CT molecular complexity index is 944. The number of carboxylic acids is 1. The molecule has 13 heteroatoms. The van der Waals surface area contributed by atoms with Crippen molar-refractivity contribution in [3.63, 3.8) is 0 Å². The van der Waals surface area contributed by atoms with Gasteiger partial charge in [0.2, 0.25) is 23.6 Å². The molecule has 0 spiro atoms. The average molecular weight is 540 g/mol. The summed E-state index contributed by atoms with van der Waals surface area (Å²) in [6.07, 6.45) is 2.02. The number of phenols is 1. The Morgan fingerprint density at radius 2 is 1.57 bits per heavy atom. The summed E-state index contributed by atoms with van der Waals surface area (Å²) in [6.45, 7) is 3.53. The van der Waals surface area contributed by atoms with Crippen molar-refractivity contribution in [1.29, 1.82) is 0 Å². The first-order chi connectivity index (χ1) is 17.4. The normalized spacial score (nSPS) is 14.9. The van der Waals surface area contributed by atoms with Crippen LogP contribution >= 0.6 is 11.8 Å². The lowest BCUT2D eigenvalue weighted by atomic mass is 9.96. The van der Waals surface area contributed by atoms with Gasteiger partial charge in [-0.25, -0.2) is 4.79 Å². The minimum atomic E-state index is -1.43. The Morgan fingerprint density at radius 1 is 0.973 bits per heavy atom. The number of hydrogen-bond donors (Lipinski definition) is 7. The van der Waals surface area contributed by atoms with Gasteiger partial charge in [-0.3, -0.25) is 19.2 Å². The van der Waals surface area contributed by atoms with Gasteiger partial charge >= 0.3 is 5.97 Å². The number of phenolic OH excluding ortho intramolecular Hbond substituents is 1. The van der Waals surface area contributed by atoms with Crippen LogP contribution in [0, 0.1) is 5.92 Å². The molecule has 1 aromatic carbocycles. The van der Waals surface area contributed by atoms with E-state index in [9.17, 15) is 34.2 Å². The third-order valence-electron chi connectivity index (χ3n) is 5.79. The molecule has 1 aromatic rings. The first-order valence-corrected chi connectivity index (χ1v) is 13.2. The molecule has 206 valence electrons. The summed E-state index contributed by atoms with van der Waals surface area (Å²) >= 11 is 1.40. The average Bonchev–Trinajstić information content (AvgIpc) is 2.84. The summed E-state index contributed by atoms with van der Waals surface area (Å²) in [4.78, 5) is 61.8. The van der Waals surface area contributed by atoms with Gasteiger partial charge in [-0.2, -0.15) is 11.8 Å². The summed E-state index contributed by atoms with van der Waals surface area (Å²) < 4.78 is 0. The Kier molecular flexibility index (Phi) is 13.5. The highest BCUT2D eigenvalue weighted by Crippen LogP contribution is 2.13. The number of nitrogens with one attached hydrogen (secondary N) is 3. The quantitative estimate of drug-likeness (QED) is 0.144. The number of carbonyl (C=O) groups excluding carboxylic acids is 4. The summed E-state index contributed by atoms with van der Waals surface area (Å²) in [5.41, 5.74) is 12.0. The number of rotatable bonds is 16. The number of primary amides is 1. The van der Waals surface area contributed by atoms with E-state index in [1.54, 1.807) is 25.3 Å². The molecule has 9 N–H and O–H groups in total. The molecule has 0 unspecified atom stereocenters. The molecule has 1 rings (SSSR count). The van der Waals surface area contributed by atoms with Crippen molar-refractivity contribution in [2.45, 2.75) is 63.7 Å². The highest BCUT2D eigenvalue weighted by atomic mass is 32.2. The lowest BCUT2D eigenvalue weighted by Crippen LogP contribution is -2.59. The van der Waals surface area contributed by atoms with Crippen LogP contribution in [0.1, 0.15) is 38.7 Å². The molecule has 0 aromatic heterocycles. The third-order valence-corrected chi connectivity index (χ3v) is 6.43. The molecule has 0 aliphatic rings. The van der Waals surface area contributed by atoms with E-state index in [4.69, 9.17) is 11.5 Å². The van der Waals surface area contributed by atoms with Gasteiger partial charge in [0.1, 0.15) is 23.9 Å². The largest absolute Gasteiger partial charge is 0.508 e. The van der Waals surface area contributed by atoms with Gasteiger partial charge in [0, 0.05) is 0 Å². The first-order valence-electron chi connectivity index (χ1n) is 11.8. The molecule has 0 fully saturated rings. The maximum Gasteiger partial charge on any atom is 0.326 e. The minimum absolute atomic E-state index is 0.0729. The zero-order valence-electron chi connectivity index (χ0n) is 21.2. The standard InChI is InChI=1S/C24H37N5O7S/c1-4-13(2)20(29-21(32)16(25)11-14-5-7-15(30)8-6-14)23(34)28-18(12-19(26)31)22(33)27-17(24(35)36)9-10-37-3/h5-8,13,16-18,20,30H,4,9-12,25H2,1-3H3,(H2,26,31)(H,27,33)(H,28,34)(H,29,32)(H,35,36)/t13-,16-,17-,18-,20-/m0/s1. The van der Waals surface area contributed by atoms with Crippen LogP contribution < -0.4 is 27.4 Å². The SMILES string of the molecule is CC[C@H](C)[C@H](NC(=O)[C@@H](N)Cc1ccc(O)cc1)C(=O)N[C@@H](CC(N)=O)C(=O)N[C@@H](CCSC)C(=O)O. The molecule has 0 heterocycles. The van der Waals surface area contributed by atoms with Crippen molar-refractivity contribution in [3.8, 4) is 5.75 Å². The van der Waals surface area contributed by atoms with E-state index in [2.05, 4.69) is 16.0 Å². The fourth-order valence-corrected chi connectivity index (χ4v) is 3.85. The second-order valence-corrected chi connectivity index (χ2v) is 9.75. The van der Waals surface area contributed by atoms with Crippen LogP contribution in [0.5, 0.6) is 5.75 Å². The first kappa shape index (κ1) is 31.7. The van der Waals surface area contributed by atoms with E-state index < -0.39 is 60.2 Å². The summed E-state index contributed by atoms with van der Waals surface area (Å²) in [7, 11) is 0.